The molecule has 0 aliphatic heterocycles. The van der Waals surface area contributed by atoms with Gasteiger partial charge in [0.2, 0.25) is 10.0 Å². The highest BCUT2D eigenvalue weighted by molar-refractivity contribution is 7.89. The van der Waals surface area contributed by atoms with Crippen molar-refractivity contribution in [2.45, 2.75) is 18.7 Å². The van der Waals surface area contributed by atoms with Crippen molar-refractivity contribution in [2.75, 3.05) is 20.7 Å². The summed E-state index contributed by atoms with van der Waals surface area (Å²) in [5, 5.41) is 1.05. The molecule has 0 radical (unpaired) electrons. The van der Waals surface area contributed by atoms with Crippen LogP contribution < -0.4 is 4.72 Å². The first kappa shape index (κ1) is 15.6. The number of amides is 1. The summed E-state index contributed by atoms with van der Waals surface area (Å²) in [6.07, 6.45) is 0. The van der Waals surface area contributed by atoms with Gasteiger partial charge in [-0.1, -0.05) is 13.0 Å². The van der Waals surface area contributed by atoms with E-state index >= 15 is 0 Å². The molecule has 0 bridgehead atoms. The first-order valence-electron chi connectivity index (χ1n) is 5.76. The highest BCUT2D eigenvalue weighted by Gasteiger charge is 2.19. The summed E-state index contributed by atoms with van der Waals surface area (Å²) >= 11 is 0. The molecule has 0 spiro atoms. The topological polar surface area (TPSA) is 75.7 Å². The van der Waals surface area contributed by atoms with Gasteiger partial charge in [0.15, 0.2) is 0 Å². The quantitative estimate of drug-likeness (QED) is 0.817. The molecule has 0 heterocycles. The minimum Gasteiger partial charge on any atom is -0.274 e. The first-order chi connectivity index (χ1) is 8.83. The molecule has 1 rings (SSSR count). The predicted octanol–water partition coefficient (Wildman–Crippen LogP) is 0.927. The Hall–Kier alpha value is -1.44. The van der Waals surface area contributed by atoms with Crippen LogP contribution in [0, 0.1) is 6.92 Å². The van der Waals surface area contributed by atoms with Crippen LogP contribution in [0.5, 0.6) is 0 Å². The predicted molar refractivity (Wildman–Crippen MR) is 71.1 cm³/mol. The third-order valence-electron chi connectivity index (χ3n) is 2.64. The molecule has 1 aromatic rings. The van der Waals surface area contributed by atoms with Gasteiger partial charge in [-0.15, -0.1) is 0 Å². The number of hydroxylamine groups is 2. The maximum Gasteiger partial charge on any atom is 0.277 e. The van der Waals surface area contributed by atoms with Gasteiger partial charge in [0.1, 0.15) is 0 Å². The van der Waals surface area contributed by atoms with Gasteiger partial charge >= 0.3 is 0 Å². The summed E-state index contributed by atoms with van der Waals surface area (Å²) in [5.74, 6) is -0.395. The minimum absolute atomic E-state index is 0.0628. The maximum atomic E-state index is 12.0. The maximum absolute atomic E-state index is 12.0. The van der Waals surface area contributed by atoms with Crippen molar-refractivity contribution in [2.24, 2.45) is 0 Å². The summed E-state index contributed by atoms with van der Waals surface area (Å²) in [7, 11) is -0.744. The number of benzene rings is 1. The Labute approximate surface area is 113 Å². The fourth-order valence-corrected chi connectivity index (χ4v) is 2.59. The van der Waals surface area contributed by atoms with Gasteiger partial charge in [-0.3, -0.25) is 9.63 Å². The Balaban J connectivity index is 3.26. The fourth-order valence-electron chi connectivity index (χ4n) is 1.52. The van der Waals surface area contributed by atoms with Crippen molar-refractivity contribution in [1.29, 1.82) is 0 Å². The van der Waals surface area contributed by atoms with Crippen molar-refractivity contribution < 1.29 is 18.0 Å². The molecule has 1 aromatic carbocycles. The van der Waals surface area contributed by atoms with E-state index in [1.807, 2.05) is 0 Å². The van der Waals surface area contributed by atoms with Crippen LogP contribution in [0.25, 0.3) is 0 Å². The van der Waals surface area contributed by atoms with Crippen LogP contribution in [0.1, 0.15) is 22.8 Å². The van der Waals surface area contributed by atoms with Crippen LogP contribution in [-0.4, -0.2) is 40.1 Å². The highest BCUT2D eigenvalue weighted by Crippen LogP contribution is 2.17. The number of nitrogens with one attached hydrogen (secondary N) is 1. The van der Waals surface area contributed by atoms with E-state index in [-0.39, 0.29) is 11.4 Å². The lowest BCUT2D eigenvalue weighted by molar-refractivity contribution is -0.0757. The Morgan fingerprint density at radius 2 is 2.05 bits per heavy atom. The molecule has 1 amide bonds. The molecule has 0 atom stereocenters. The van der Waals surface area contributed by atoms with Crippen LogP contribution >= 0.6 is 0 Å². The second-order valence-electron chi connectivity index (χ2n) is 3.96. The average Bonchev–Trinajstić information content (AvgIpc) is 2.37. The number of hydrogen-bond acceptors (Lipinski definition) is 4. The molecule has 0 fully saturated rings. The molecule has 0 aromatic heterocycles. The molecule has 0 unspecified atom stereocenters. The lowest BCUT2D eigenvalue weighted by Gasteiger charge is -2.16. The molecule has 0 saturated carbocycles. The molecular weight excluding hydrogens is 268 g/mol. The van der Waals surface area contributed by atoms with Crippen LogP contribution in [0.3, 0.4) is 0 Å². The second-order valence-corrected chi connectivity index (χ2v) is 5.73. The van der Waals surface area contributed by atoms with E-state index in [4.69, 9.17) is 4.84 Å². The largest absolute Gasteiger partial charge is 0.277 e. The molecule has 106 valence electrons. The molecule has 1 N–H and O–H groups in total. The van der Waals surface area contributed by atoms with Gasteiger partial charge in [-0.05, 0) is 24.6 Å². The average molecular weight is 286 g/mol. The van der Waals surface area contributed by atoms with Gasteiger partial charge in [0.05, 0.1) is 12.0 Å². The zero-order valence-electron chi connectivity index (χ0n) is 11.4. The summed E-state index contributed by atoms with van der Waals surface area (Å²) in [6, 6.07) is 4.42. The lowest BCUT2D eigenvalue weighted by Crippen LogP contribution is -2.27. The number of rotatable bonds is 5. The molecule has 7 heteroatoms. The number of carbonyl (C=O) groups is 1. The zero-order chi connectivity index (χ0) is 14.6. The summed E-state index contributed by atoms with van der Waals surface area (Å²) in [5.41, 5.74) is 0.979. The van der Waals surface area contributed by atoms with Crippen molar-refractivity contribution in [3.63, 3.8) is 0 Å². The smallest absolute Gasteiger partial charge is 0.274 e. The van der Waals surface area contributed by atoms with E-state index in [0.29, 0.717) is 11.1 Å². The first-order valence-corrected chi connectivity index (χ1v) is 7.24. The van der Waals surface area contributed by atoms with E-state index in [9.17, 15) is 13.2 Å². The van der Waals surface area contributed by atoms with Crippen LogP contribution in [0.4, 0.5) is 0 Å². The normalized spacial score (nSPS) is 11.4. The molecule has 19 heavy (non-hydrogen) atoms. The van der Waals surface area contributed by atoms with Crippen molar-refractivity contribution in [3.8, 4) is 0 Å². The molecular formula is C12H18N2O4S. The van der Waals surface area contributed by atoms with E-state index in [0.717, 1.165) is 5.06 Å². The van der Waals surface area contributed by atoms with Gasteiger partial charge < -0.3 is 0 Å². The molecule has 0 aliphatic rings. The zero-order valence-corrected chi connectivity index (χ0v) is 12.2. The van der Waals surface area contributed by atoms with Crippen LogP contribution in [-0.2, 0) is 14.9 Å². The number of aryl methyl sites for hydroxylation is 1. The standard InChI is InChI=1S/C12H18N2O4S/c1-5-13-19(16,17)10-7-6-9(2)11(8-10)12(15)14(3)18-4/h6-8,13H,5H2,1-4H3. The SMILES string of the molecule is CCNS(=O)(=O)c1ccc(C)c(C(=O)N(C)OC)c1. The summed E-state index contributed by atoms with van der Waals surface area (Å²) < 4.78 is 26.2. The second kappa shape index (κ2) is 6.14. The highest BCUT2D eigenvalue weighted by atomic mass is 32.2. The van der Waals surface area contributed by atoms with E-state index in [2.05, 4.69) is 4.72 Å². The number of sulfonamides is 1. The van der Waals surface area contributed by atoms with E-state index in [1.54, 1.807) is 19.9 Å². The number of carbonyl (C=O) groups excluding carboxylic acids is 1. The summed E-state index contributed by atoms with van der Waals surface area (Å²) in [4.78, 5) is 16.9. The lowest BCUT2D eigenvalue weighted by atomic mass is 10.1. The van der Waals surface area contributed by atoms with Gasteiger partial charge in [-0.2, -0.15) is 0 Å². The Kier molecular flexibility index (Phi) is 5.04. The van der Waals surface area contributed by atoms with Gasteiger partial charge in [0.25, 0.3) is 5.91 Å². The van der Waals surface area contributed by atoms with Crippen molar-refractivity contribution >= 4 is 15.9 Å². The Morgan fingerprint density at radius 1 is 1.42 bits per heavy atom. The molecule has 0 aliphatic carbocycles. The number of nitrogens with zero attached hydrogens (tertiary/aromatic N) is 1. The number of hydrogen-bond donors (Lipinski definition) is 1. The Bertz CT molecular complexity index is 569. The van der Waals surface area contributed by atoms with E-state index in [1.165, 1.54) is 26.3 Å². The fraction of sp³-hybridized carbons (Fsp3) is 0.417. The Morgan fingerprint density at radius 3 is 2.58 bits per heavy atom. The van der Waals surface area contributed by atoms with Crippen LogP contribution in [0.15, 0.2) is 23.1 Å². The van der Waals surface area contributed by atoms with Crippen LogP contribution in [0.2, 0.25) is 0 Å². The van der Waals surface area contributed by atoms with Gasteiger partial charge in [0, 0.05) is 19.2 Å². The minimum atomic E-state index is -3.58. The molecule has 6 nitrogen and oxygen atoms in total. The third-order valence-corrected chi connectivity index (χ3v) is 4.19. The van der Waals surface area contributed by atoms with Crippen molar-refractivity contribution in [3.05, 3.63) is 29.3 Å². The van der Waals surface area contributed by atoms with E-state index < -0.39 is 15.9 Å². The molecule has 0 saturated heterocycles. The monoisotopic (exact) mass is 286 g/mol. The third kappa shape index (κ3) is 3.52. The van der Waals surface area contributed by atoms with Crippen molar-refractivity contribution in [1.82, 2.24) is 9.79 Å². The van der Waals surface area contributed by atoms with Gasteiger partial charge in [-0.25, -0.2) is 18.2 Å². The summed E-state index contributed by atoms with van der Waals surface area (Å²) in [6.45, 7) is 3.72.